The number of rotatable bonds is 7. The van der Waals surface area contributed by atoms with Crippen LogP contribution in [0.25, 0.3) is 6.08 Å². The van der Waals surface area contributed by atoms with Crippen LogP contribution < -0.4 is 10.6 Å². The smallest absolute Gasteiger partial charge is 0.0417 e. The maximum Gasteiger partial charge on any atom is 0.0417 e. The van der Waals surface area contributed by atoms with Crippen molar-refractivity contribution in [2.45, 2.75) is 13.0 Å². The van der Waals surface area contributed by atoms with Crippen molar-refractivity contribution < 1.29 is 0 Å². The van der Waals surface area contributed by atoms with Gasteiger partial charge in [-0.3, -0.25) is 0 Å². The number of halogens is 2. The number of nitrogens with one attached hydrogen (secondary N) is 2. The maximum absolute atomic E-state index is 5.97. The summed E-state index contributed by atoms with van der Waals surface area (Å²) >= 11 is 9.52. The van der Waals surface area contributed by atoms with Gasteiger partial charge in [0.05, 0.1) is 0 Å². The van der Waals surface area contributed by atoms with Gasteiger partial charge in [-0.05, 0) is 41.2 Å². The molecule has 1 heterocycles. The van der Waals surface area contributed by atoms with E-state index in [0.29, 0.717) is 0 Å². The van der Waals surface area contributed by atoms with E-state index in [2.05, 4.69) is 63.0 Å². The maximum atomic E-state index is 5.97. The van der Waals surface area contributed by atoms with E-state index in [0.717, 1.165) is 53.6 Å². The van der Waals surface area contributed by atoms with Crippen LogP contribution in [0.1, 0.15) is 16.7 Å². The van der Waals surface area contributed by atoms with Crippen molar-refractivity contribution >= 4 is 33.6 Å². The van der Waals surface area contributed by atoms with Gasteiger partial charge >= 0.3 is 0 Å². The van der Waals surface area contributed by atoms with Crippen LogP contribution in [0, 0.1) is 5.92 Å². The van der Waals surface area contributed by atoms with E-state index >= 15 is 0 Å². The molecule has 2 N–H and O–H groups in total. The average Bonchev–Trinajstić information content (AvgIpc) is 2.52. The van der Waals surface area contributed by atoms with Crippen molar-refractivity contribution in [3.63, 3.8) is 0 Å². The summed E-state index contributed by atoms with van der Waals surface area (Å²) in [4.78, 5) is 0. The second-order valence-corrected chi connectivity index (χ2v) is 7.54. The monoisotopic (exact) mass is 404 g/mol. The first-order chi connectivity index (χ1) is 11.7. The van der Waals surface area contributed by atoms with Gasteiger partial charge in [-0.1, -0.05) is 70.0 Å². The number of hydrogen-bond donors (Lipinski definition) is 2. The van der Waals surface area contributed by atoms with E-state index in [1.807, 2.05) is 18.2 Å². The Morgan fingerprint density at radius 2 is 2.00 bits per heavy atom. The predicted octanol–water partition coefficient (Wildman–Crippen LogP) is 4.67. The molecule has 1 aliphatic heterocycles. The van der Waals surface area contributed by atoms with E-state index in [-0.39, 0.29) is 0 Å². The normalized spacial score (nSPS) is 14.9. The summed E-state index contributed by atoms with van der Waals surface area (Å²) in [7, 11) is 0. The molecular formula is C20H22BrClN2. The fourth-order valence-electron chi connectivity index (χ4n) is 2.74. The van der Waals surface area contributed by atoms with Crippen LogP contribution in [0.5, 0.6) is 0 Å². The van der Waals surface area contributed by atoms with Crippen LogP contribution in [0.4, 0.5) is 0 Å². The van der Waals surface area contributed by atoms with Crippen molar-refractivity contribution in [1.82, 2.24) is 10.6 Å². The number of allylic oxidation sites excluding steroid dienone is 1. The predicted molar refractivity (Wildman–Crippen MR) is 106 cm³/mol. The topological polar surface area (TPSA) is 24.1 Å². The lowest BCUT2D eigenvalue weighted by atomic mass is 10.0. The highest BCUT2D eigenvalue weighted by Crippen LogP contribution is 2.22. The molecule has 0 unspecified atom stereocenters. The fourth-order valence-corrected chi connectivity index (χ4v) is 3.55. The number of hydrogen-bond acceptors (Lipinski definition) is 2. The molecule has 0 aromatic heterocycles. The number of benzene rings is 2. The van der Waals surface area contributed by atoms with Crippen molar-refractivity contribution in [3.8, 4) is 0 Å². The second-order valence-electron chi connectivity index (χ2n) is 6.25. The van der Waals surface area contributed by atoms with Gasteiger partial charge in [0.1, 0.15) is 0 Å². The Labute approximate surface area is 157 Å². The van der Waals surface area contributed by atoms with Gasteiger partial charge in [-0.2, -0.15) is 0 Å². The summed E-state index contributed by atoms with van der Waals surface area (Å²) in [6, 6.07) is 14.7. The Morgan fingerprint density at radius 1 is 1.17 bits per heavy atom. The highest BCUT2D eigenvalue weighted by Gasteiger charge is 2.15. The zero-order valence-corrected chi connectivity index (χ0v) is 15.9. The third-order valence-corrected chi connectivity index (χ3v) is 5.15. The minimum absolute atomic E-state index is 0.747. The van der Waals surface area contributed by atoms with Gasteiger partial charge in [-0.25, -0.2) is 0 Å². The molecule has 4 heteroatoms. The molecule has 0 aliphatic carbocycles. The Balaban J connectivity index is 1.52. The molecule has 0 amide bonds. The average molecular weight is 406 g/mol. The highest BCUT2D eigenvalue weighted by atomic mass is 79.9. The van der Waals surface area contributed by atoms with Gasteiger partial charge in [0.25, 0.3) is 0 Å². The lowest BCUT2D eigenvalue weighted by Crippen LogP contribution is -2.47. The van der Waals surface area contributed by atoms with Crippen molar-refractivity contribution in [1.29, 1.82) is 0 Å². The zero-order valence-electron chi connectivity index (χ0n) is 13.6. The molecule has 1 aliphatic rings. The van der Waals surface area contributed by atoms with Gasteiger partial charge in [0, 0.05) is 35.7 Å². The van der Waals surface area contributed by atoms with Crippen LogP contribution in [0.2, 0.25) is 5.02 Å². The molecule has 0 bridgehead atoms. The molecular weight excluding hydrogens is 384 g/mol. The Hall–Kier alpha value is -1.13. The third-order valence-electron chi connectivity index (χ3n) is 4.23. The molecule has 126 valence electrons. The standard InChI is InChI=1S/C20H22BrClN2/c21-20-10-19(22)8-7-18(20)6-2-4-15-3-1-5-16(9-15)11-23-12-17-13-24-14-17/h1-3,5-10,17,23-24H,4,11-14H2/b6-2+. The first kappa shape index (κ1) is 17.7. The van der Waals surface area contributed by atoms with Crippen LogP contribution >= 0.6 is 27.5 Å². The minimum atomic E-state index is 0.747. The van der Waals surface area contributed by atoms with Gasteiger partial charge in [-0.15, -0.1) is 0 Å². The molecule has 1 fully saturated rings. The Kier molecular flexibility index (Phi) is 6.50. The molecule has 2 nitrogen and oxygen atoms in total. The summed E-state index contributed by atoms with van der Waals surface area (Å²) < 4.78 is 1.02. The van der Waals surface area contributed by atoms with E-state index in [1.54, 1.807) is 0 Å². The van der Waals surface area contributed by atoms with Crippen LogP contribution in [-0.4, -0.2) is 19.6 Å². The highest BCUT2D eigenvalue weighted by molar-refractivity contribution is 9.10. The van der Waals surface area contributed by atoms with Crippen molar-refractivity contribution in [2.24, 2.45) is 5.92 Å². The van der Waals surface area contributed by atoms with Crippen LogP contribution in [-0.2, 0) is 13.0 Å². The largest absolute Gasteiger partial charge is 0.316 e. The minimum Gasteiger partial charge on any atom is -0.316 e. The van der Waals surface area contributed by atoms with Crippen molar-refractivity contribution in [3.05, 3.63) is 74.7 Å². The van der Waals surface area contributed by atoms with Crippen LogP contribution in [0.3, 0.4) is 0 Å². The van der Waals surface area contributed by atoms with Gasteiger partial charge < -0.3 is 10.6 Å². The molecule has 0 radical (unpaired) electrons. The molecule has 0 spiro atoms. The zero-order chi connectivity index (χ0) is 16.8. The lowest BCUT2D eigenvalue weighted by molar-refractivity contribution is 0.331. The summed E-state index contributed by atoms with van der Waals surface area (Å²) in [5.41, 5.74) is 3.83. The summed E-state index contributed by atoms with van der Waals surface area (Å²) in [5.74, 6) is 0.800. The molecule has 2 aromatic carbocycles. The van der Waals surface area contributed by atoms with E-state index in [1.165, 1.54) is 11.1 Å². The van der Waals surface area contributed by atoms with Crippen LogP contribution in [0.15, 0.2) is 53.0 Å². The second kappa shape index (κ2) is 8.82. The first-order valence-corrected chi connectivity index (χ1v) is 9.48. The SMILES string of the molecule is Clc1ccc(/C=C/Cc2cccc(CNCC3CNC3)c2)c(Br)c1. The quantitative estimate of drug-likeness (QED) is 0.699. The molecule has 3 rings (SSSR count). The molecule has 0 atom stereocenters. The van der Waals surface area contributed by atoms with Crippen molar-refractivity contribution in [2.75, 3.05) is 19.6 Å². The molecule has 0 saturated carbocycles. The summed E-state index contributed by atoms with van der Waals surface area (Å²) in [5, 5.41) is 7.60. The molecule has 24 heavy (non-hydrogen) atoms. The van der Waals surface area contributed by atoms with E-state index in [4.69, 9.17) is 11.6 Å². The first-order valence-electron chi connectivity index (χ1n) is 8.31. The third kappa shape index (κ3) is 5.18. The fraction of sp³-hybridized carbons (Fsp3) is 0.300. The summed E-state index contributed by atoms with van der Waals surface area (Å²) in [6.07, 6.45) is 5.25. The van der Waals surface area contributed by atoms with E-state index in [9.17, 15) is 0 Å². The Morgan fingerprint density at radius 3 is 2.75 bits per heavy atom. The van der Waals surface area contributed by atoms with Gasteiger partial charge in [0.2, 0.25) is 0 Å². The summed E-state index contributed by atoms with van der Waals surface area (Å²) in [6.45, 7) is 4.34. The molecule has 1 saturated heterocycles. The Bertz CT molecular complexity index is 711. The lowest BCUT2D eigenvalue weighted by Gasteiger charge is -2.27. The van der Waals surface area contributed by atoms with Gasteiger partial charge in [0.15, 0.2) is 0 Å². The molecule has 2 aromatic rings. The van der Waals surface area contributed by atoms with E-state index < -0.39 is 0 Å².